The number of aryl methyl sites for hydroxylation is 2. The lowest BCUT2D eigenvalue weighted by atomic mass is 10.1. The van der Waals surface area contributed by atoms with Gasteiger partial charge in [-0.05, 0) is 58.1 Å². The molecule has 0 aliphatic rings. The summed E-state index contributed by atoms with van der Waals surface area (Å²) in [5.41, 5.74) is 2.85. The molecule has 7 nitrogen and oxygen atoms in total. The molecule has 0 atom stereocenters. The van der Waals surface area contributed by atoms with Gasteiger partial charge in [0.1, 0.15) is 5.82 Å². The van der Waals surface area contributed by atoms with Gasteiger partial charge in [0.25, 0.3) is 0 Å². The standard InChI is InChI=1S/C19H24FN5O2S/c1-12-16(9-10-24(4)5)13(2)25-19(22-12)17(18(21-3)23-25)28(26,27)15-8-6-7-14(20)11-15/h6-8,11H,9-10H2,1-5H3,(H,21,23). The third-order valence-corrected chi connectivity index (χ3v) is 6.49. The number of anilines is 1. The summed E-state index contributed by atoms with van der Waals surface area (Å²) in [5, 5.41) is 7.27. The molecular formula is C19H24FN5O2S. The van der Waals surface area contributed by atoms with Crippen molar-refractivity contribution in [2.45, 2.75) is 30.1 Å². The summed E-state index contributed by atoms with van der Waals surface area (Å²) >= 11 is 0. The van der Waals surface area contributed by atoms with Crippen LogP contribution >= 0.6 is 0 Å². The van der Waals surface area contributed by atoms with Gasteiger partial charge in [0.05, 0.1) is 4.90 Å². The molecule has 0 unspecified atom stereocenters. The summed E-state index contributed by atoms with van der Waals surface area (Å²) in [6, 6.07) is 4.95. The Labute approximate surface area is 164 Å². The first kappa shape index (κ1) is 20.2. The van der Waals surface area contributed by atoms with Crippen molar-refractivity contribution in [1.82, 2.24) is 19.5 Å². The number of likely N-dealkylation sites (N-methyl/N-ethyl adjacent to an activating group) is 1. The SMILES string of the molecule is CNc1nn2c(C)c(CCN(C)C)c(C)nc2c1S(=O)(=O)c1cccc(F)c1. The maximum Gasteiger partial charge on any atom is 0.214 e. The summed E-state index contributed by atoms with van der Waals surface area (Å²) < 4.78 is 41.7. The number of nitrogens with one attached hydrogen (secondary N) is 1. The Kier molecular flexibility index (Phi) is 5.40. The first-order valence-corrected chi connectivity index (χ1v) is 10.4. The molecule has 28 heavy (non-hydrogen) atoms. The van der Waals surface area contributed by atoms with Gasteiger partial charge >= 0.3 is 0 Å². The summed E-state index contributed by atoms with van der Waals surface area (Å²) in [6.45, 7) is 4.60. The molecule has 1 N–H and O–H groups in total. The molecule has 0 saturated heterocycles. The molecule has 3 rings (SSSR count). The molecule has 150 valence electrons. The minimum atomic E-state index is -4.02. The fourth-order valence-electron chi connectivity index (χ4n) is 3.20. The average Bonchev–Trinajstić information content (AvgIpc) is 3.00. The fourth-order valence-corrected chi connectivity index (χ4v) is 4.73. The molecule has 0 fully saturated rings. The second-order valence-corrected chi connectivity index (χ2v) is 8.82. The number of halogens is 1. The van der Waals surface area contributed by atoms with E-state index in [2.05, 4.69) is 20.3 Å². The van der Waals surface area contributed by atoms with Crippen LogP contribution in [0.15, 0.2) is 34.1 Å². The second kappa shape index (κ2) is 7.48. The number of fused-ring (bicyclic) bond motifs is 1. The van der Waals surface area contributed by atoms with Gasteiger partial charge in [-0.1, -0.05) is 6.07 Å². The quantitative estimate of drug-likeness (QED) is 0.679. The highest BCUT2D eigenvalue weighted by Gasteiger charge is 2.30. The largest absolute Gasteiger partial charge is 0.370 e. The zero-order valence-electron chi connectivity index (χ0n) is 16.6. The number of sulfone groups is 1. The van der Waals surface area contributed by atoms with Gasteiger partial charge in [-0.15, -0.1) is 5.10 Å². The van der Waals surface area contributed by atoms with Gasteiger partial charge in [-0.3, -0.25) is 0 Å². The zero-order valence-corrected chi connectivity index (χ0v) is 17.4. The van der Waals surface area contributed by atoms with Gasteiger partial charge in [0.15, 0.2) is 16.4 Å². The maximum atomic E-state index is 13.6. The highest BCUT2D eigenvalue weighted by atomic mass is 32.2. The molecule has 0 amide bonds. The highest BCUT2D eigenvalue weighted by molar-refractivity contribution is 7.91. The van der Waals surface area contributed by atoms with E-state index in [4.69, 9.17) is 0 Å². The van der Waals surface area contributed by atoms with E-state index in [0.29, 0.717) is 0 Å². The smallest absolute Gasteiger partial charge is 0.214 e. The monoisotopic (exact) mass is 405 g/mol. The molecule has 0 saturated carbocycles. The van der Waals surface area contributed by atoms with E-state index in [1.165, 1.54) is 18.2 Å². The first-order chi connectivity index (χ1) is 13.2. The predicted octanol–water partition coefficient (Wildman–Crippen LogP) is 2.46. The molecule has 0 radical (unpaired) electrons. The molecule has 2 heterocycles. The van der Waals surface area contributed by atoms with E-state index < -0.39 is 15.7 Å². The number of nitrogens with zero attached hydrogens (tertiary/aromatic N) is 4. The third-order valence-electron chi connectivity index (χ3n) is 4.70. The zero-order chi connectivity index (χ0) is 20.6. The van der Waals surface area contributed by atoms with Crippen molar-refractivity contribution in [2.75, 3.05) is 33.0 Å². The Morgan fingerprint density at radius 2 is 1.96 bits per heavy atom. The van der Waals surface area contributed by atoms with Crippen molar-refractivity contribution in [3.05, 3.63) is 47.0 Å². The predicted molar refractivity (Wildman–Crippen MR) is 106 cm³/mol. The van der Waals surface area contributed by atoms with Crippen molar-refractivity contribution in [3.8, 4) is 0 Å². The number of hydrogen-bond donors (Lipinski definition) is 1. The van der Waals surface area contributed by atoms with Crippen LogP contribution in [0.25, 0.3) is 5.65 Å². The van der Waals surface area contributed by atoms with Crippen LogP contribution in [0.3, 0.4) is 0 Å². The lowest BCUT2D eigenvalue weighted by Gasteiger charge is -2.14. The van der Waals surface area contributed by atoms with Gasteiger partial charge in [-0.25, -0.2) is 22.3 Å². The topological polar surface area (TPSA) is 79.6 Å². The van der Waals surface area contributed by atoms with Crippen LogP contribution in [0.5, 0.6) is 0 Å². The van der Waals surface area contributed by atoms with Crippen molar-refractivity contribution in [1.29, 1.82) is 0 Å². The van der Waals surface area contributed by atoms with Gasteiger partial charge in [-0.2, -0.15) is 0 Å². The van der Waals surface area contributed by atoms with Crippen molar-refractivity contribution >= 4 is 21.3 Å². The summed E-state index contributed by atoms with van der Waals surface area (Å²) in [7, 11) is 1.57. The Hall–Kier alpha value is -2.52. The van der Waals surface area contributed by atoms with E-state index in [9.17, 15) is 12.8 Å². The lowest BCUT2D eigenvalue weighted by molar-refractivity contribution is 0.412. The summed E-state index contributed by atoms with van der Waals surface area (Å²) in [6.07, 6.45) is 0.772. The molecule has 0 spiro atoms. The Balaban J connectivity index is 2.26. The molecule has 1 aromatic carbocycles. The van der Waals surface area contributed by atoms with Crippen molar-refractivity contribution in [2.24, 2.45) is 0 Å². The van der Waals surface area contributed by atoms with Crippen LogP contribution in [0.2, 0.25) is 0 Å². The normalized spacial score (nSPS) is 12.1. The molecule has 0 aliphatic carbocycles. The molecule has 0 aliphatic heterocycles. The molecule has 0 bridgehead atoms. The van der Waals surface area contributed by atoms with Crippen LogP contribution in [0, 0.1) is 19.7 Å². The van der Waals surface area contributed by atoms with Crippen LogP contribution in [0.1, 0.15) is 17.0 Å². The molecule has 3 aromatic rings. The third kappa shape index (κ3) is 3.47. The number of rotatable bonds is 6. The van der Waals surface area contributed by atoms with E-state index in [0.717, 1.165) is 36.0 Å². The average molecular weight is 405 g/mol. The summed E-state index contributed by atoms with van der Waals surface area (Å²) in [5.74, 6) is -0.432. The van der Waals surface area contributed by atoms with Crippen LogP contribution in [-0.4, -0.2) is 55.6 Å². The van der Waals surface area contributed by atoms with Crippen molar-refractivity contribution in [3.63, 3.8) is 0 Å². The maximum absolute atomic E-state index is 13.6. The second-order valence-electron chi connectivity index (χ2n) is 6.94. The Morgan fingerprint density at radius 3 is 2.57 bits per heavy atom. The summed E-state index contributed by atoms with van der Waals surface area (Å²) in [4.78, 5) is 6.46. The van der Waals surface area contributed by atoms with E-state index in [1.54, 1.807) is 11.6 Å². The van der Waals surface area contributed by atoms with E-state index in [1.807, 2.05) is 27.9 Å². The minimum Gasteiger partial charge on any atom is -0.370 e. The molecule has 9 heteroatoms. The number of hydrogen-bond acceptors (Lipinski definition) is 6. The number of benzene rings is 1. The van der Waals surface area contributed by atoms with E-state index in [-0.39, 0.29) is 21.3 Å². The van der Waals surface area contributed by atoms with Crippen LogP contribution in [-0.2, 0) is 16.3 Å². The molecule has 2 aromatic heterocycles. The minimum absolute atomic E-state index is 0.0500. The van der Waals surface area contributed by atoms with Gasteiger partial charge in [0, 0.05) is 25.0 Å². The van der Waals surface area contributed by atoms with Gasteiger partial charge in [0.2, 0.25) is 9.84 Å². The first-order valence-electron chi connectivity index (χ1n) is 8.88. The highest BCUT2D eigenvalue weighted by Crippen LogP contribution is 2.32. The van der Waals surface area contributed by atoms with E-state index >= 15 is 0 Å². The van der Waals surface area contributed by atoms with Gasteiger partial charge < -0.3 is 10.2 Å². The number of aromatic nitrogens is 3. The van der Waals surface area contributed by atoms with Crippen LogP contribution < -0.4 is 5.32 Å². The van der Waals surface area contributed by atoms with Crippen LogP contribution in [0.4, 0.5) is 10.2 Å². The molecular weight excluding hydrogens is 381 g/mol. The Morgan fingerprint density at radius 1 is 1.25 bits per heavy atom. The van der Waals surface area contributed by atoms with Crippen molar-refractivity contribution < 1.29 is 12.8 Å². The fraction of sp³-hybridized carbons (Fsp3) is 0.368. The Bertz CT molecular complexity index is 1140. The lowest BCUT2D eigenvalue weighted by Crippen LogP contribution is -2.17.